The Morgan fingerprint density at radius 1 is 1.46 bits per heavy atom. The van der Waals surface area contributed by atoms with Crippen LogP contribution < -0.4 is 0 Å². The Hall–Kier alpha value is 1.18. The molecule has 1 unspecified atom stereocenters. The molecule has 0 fully saturated rings. The maximum Gasteiger partial charge on any atom is 0.0326 e. The van der Waals surface area contributed by atoms with Crippen molar-refractivity contribution >= 4 is 47.8 Å². The minimum Gasteiger partial charge on any atom is -0.0883 e. The van der Waals surface area contributed by atoms with Crippen LogP contribution in [0.5, 0.6) is 0 Å². The second kappa shape index (κ2) is 6.62. The second-order valence-electron chi connectivity index (χ2n) is 3.78. The van der Waals surface area contributed by atoms with Gasteiger partial charge in [-0.3, -0.25) is 0 Å². The van der Waals surface area contributed by atoms with Crippen LogP contribution >= 0.6 is 47.8 Å². The van der Waals surface area contributed by atoms with Gasteiger partial charge in [-0.25, -0.2) is 0 Å². The van der Waals surface area contributed by atoms with Crippen LogP contribution in [0, 0.1) is 0 Å². The molecule has 0 aliphatic rings. The first kappa shape index (κ1) is 14.2. The summed E-state index contributed by atoms with van der Waals surface area (Å²) in [6.07, 6.45) is 4.56. The van der Waals surface area contributed by atoms with Crippen LogP contribution in [-0.2, 0) is 0 Å². The molecule has 0 heterocycles. The Balaban J connectivity index is 3.83. The van der Waals surface area contributed by atoms with Crippen molar-refractivity contribution in [1.82, 2.24) is 0 Å². The minimum absolute atomic E-state index is 0.182. The van der Waals surface area contributed by atoms with E-state index in [-0.39, 0.29) is 4.32 Å². The van der Waals surface area contributed by atoms with E-state index in [0.717, 1.165) is 11.8 Å². The Morgan fingerprint density at radius 3 is 2.38 bits per heavy atom. The molecule has 0 saturated heterocycles. The predicted octanol–water partition coefficient (Wildman–Crippen LogP) is 5.04. The Kier molecular flexibility index (Phi) is 7.23. The van der Waals surface area contributed by atoms with Crippen molar-refractivity contribution < 1.29 is 0 Å². The zero-order chi connectivity index (χ0) is 10.5. The summed E-state index contributed by atoms with van der Waals surface area (Å²) >= 11 is 10.7. The third kappa shape index (κ3) is 7.15. The fourth-order valence-corrected chi connectivity index (χ4v) is 1.94. The second-order valence-corrected chi connectivity index (χ2v) is 7.57. The molecule has 0 aromatic carbocycles. The molecule has 0 bridgehead atoms. The van der Waals surface area contributed by atoms with Gasteiger partial charge in [0.25, 0.3) is 0 Å². The van der Waals surface area contributed by atoms with Gasteiger partial charge in [0, 0.05) is 14.5 Å². The Labute approximate surface area is 107 Å². The first-order chi connectivity index (χ1) is 5.88. The Morgan fingerprint density at radius 2 is 2.00 bits per heavy atom. The molecule has 0 rings (SSSR count). The molecule has 13 heavy (non-hydrogen) atoms. The van der Waals surface area contributed by atoms with Gasteiger partial charge in [0.15, 0.2) is 0 Å². The fourth-order valence-electron chi connectivity index (χ4n) is 0.931. The molecule has 78 valence electrons. The Bertz CT molecular complexity index is 167. The number of rotatable bonds is 5. The van der Waals surface area contributed by atoms with Gasteiger partial charge in [0.1, 0.15) is 0 Å². The monoisotopic (exact) mass is 374 g/mol. The molecule has 0 spiro atoms. The van der Waals surface area contributed by atoms with Gasteiger partial charge in [0.2, 0.25) is 0 Å². The van der Waals surface area contributed by atoms with E-state index in [9.17, 15) is 0 Å². The van der Waals surface area contributed by atoms with Crippen molar-refractivity contribution in [2.75, 3.05) is 5.33 Å². The number of alkyl halides is 3. The highest BCUT2D eigenvalue weighted by Crippen LogP contribution is 2.30. The van der Waals surface area contributed by atoms with E-state index in [0.29, 0.717) is 4.83 Å². The van der Waals surface area contributed by atoms with Crippen molar-refractivity contribution in [2.45, 2.75) is 42.8 Å². The summed E-state index contributed by atoms with van der Waals surface area (Å²) < 4.78 is 0.182. The van der Waals surface area contributed by atoms with Crippen LogP contribution in [0.2, 0.25) is 0 Å². The number of hydrogen-bond acceptors (Lipinski definition) is 0. The van der Waals surface area contributed by atoms with E-state index in [2.05, 4.69) is 74.6 Å². The first-order valence-electron chi connectivity index (χ1n) is 4.42. The molecule has 1 atom stereocenters. The van der Waals surface area contributed by atoms with Gasteiger partial charge < -0.3 is 0 Å². The highest BCUT2D eigenvalue weighted by atomic mass is 79.9. The molecule has 0 aromatic heterocycles. The smallest absolute Gasteiger partial charge is 0.0326 e. The molecule has 0 radical (unpaired) electrons. The van der Waals surface area contributed by atoms with Gasteiger partial charge in [-0.2, -0.15) is 0 Å². The molecule has 0 aliphatic carbocycles. The van der Waals surface area contributed by atoms with Gasteiger partial charge in [-0.1, -0.05) is 59.4 Å². The molecule has 0 aliphatic heterocycles. The number of allylic oxidation sites excluding steroid dienone is 2. The molecule has 0 nitrogen and oxygen atoms in total. The summed E-state index contributed by atoms with van der Waals surface area (Å²) in [5, 5.41) is 0.962. The zero-order valence-electron chi connectivity index (χ0n) is 8.41. The van der Waals surface area contributed by atoms with E-state index >= 15 is 0 Å². The van der Waals surface area contributed by atoms with Crippen LogP contribution in [0.3, 0.4) is 0 Å². The lowest BCUT2D eigenvalue weighted by molar-refractivity contribution is 0.637. The van der Waals surface area contributed by atoms with Crippen LogP contribution in [0.1, 0.15) is 33.6 Å². The minimum atomic E-state index is 0.182. The van der Waals surface area contributed by atoms with Gasteiger partial charge in [0.05, 0.1) is 0 Å². The van der Waals surface area contributed by atoms with Crippen LogP contribution in [0.25, 0.3) is 0 Å². The topological polar surface area (TPSA) is 0 Å². The quantitative estimate of drug-likeness (QED) is 0.465. The van der Waals surface area contributed by atoms with Crippen molar-refractivity contribution in [3.8, 4) is 0 Å². The van der Waals surface area contributed by atoms with E-state index in [4.69, 9.17) is 0 Å². The highest BCUT2D eigenvalue weighted by molar-refractivity contribution is 9.12. The average Bonchev–Trinajstić information content (AvgIpc) is 1.99. The number of hydrogen-bond donors (Lipinski definition) is 0. The van der Waals surface area contributed by atoms with Crippen molar-refractivity contribution in [2.24, 2.45) is 0 Å². The fraction of sp³-hybridized carbons (Fsp3) is 0.800. The van der Waals surface area contributed by atoms with Crippen LogP contribution in [0.4, 0.5) is 0 Å². The predicted molar refractivity (Wildman–Crippen MR) is 72.5 cm³/mol. The molecule has 0 N–H and O–H groups in total. The molecule has 0 aromatic rings. The summed E-state index contributed by atoms with van der Waals surface area (Å²) in [4.78, 5) is 0.527. The standard InChI is InChI=1S/C10H17Br3/c1-8(6-7-11)4-5-9(12)10(2,3)13/h6,9H,4-5,7H2,1-3H3/b8-6+. The molecule has 3 heteroatoms. The van der Waals surface area contributed by atoms with Gasteiger partial charge in [-0.05, 0) is 33.6 Å². The molecule has 0 saturated carbocycles. The SMILES string of the molecule is C/C(=C\CBr)CCC(Br)C(C)(C)Br. The summed E-state index contributed by atoms with van der Waals surface area (Å²) in [7, 11) is 0. The van der Waals surface area contributed by atoms with Crippen LogP contribution in [-0.4, -0.2) is 14.5 Å². The summed E-state index contributed by atoms with van der Waals surface area (Å²) in [6, 6.07) is 0. The van der Waals surface area contributed by atoms with Crippen LogP contribution in [0.15, 0.2) is 11.6 Å². The lowest BCUT2D eigenvalue weighted by Crippen LogP contribution is -2.23. The highest BCUT2D eigenvalue weighted by Gasteiger charge is 2.23. The van der Waals surface area contributed by atoms with E-state index in [1.807, 2.05) is 0 Å². The molecular weight excluding hydrogens is 360 g/mol. The lowest BCUT2D eigenvalue weighted by atomic mass is 10.0. The van der Waals surface area contributed by atoms with E-state index in [1.165, 1.54) is 12.0 Å². The number of halogens is 3. The van der Waals surface area contributed by atoms with Crippen molar-refractivity contribution in [3.63, 3.8) is 0 Å². The third-order valence-electron chi connectivity index (χ3n) is 1.96. The third-order valence-corrected chi connectivity index (χ3v) is 5.06. The average molecular weight is 377 g/mol. The zero-order valence-corrected chi connectivity index (χ0v) is 13.2. The normalized spacial score (nSPS) is 16.0. The molecular formula is C10H17Br3. The van der Waals surface area contributed by atoms with Crippen molar-refractivity contribution in [1.29, 1.82) is 0 Å². The largest absolute Gasteiger partial charge is 0.0883 e. The van der Waals surface area contributed by atoms with E-state index in [1.54, 1.807) is 0 Å². The summed E-state index contributed by atoms with van der Waals surface area (Å²) in [5.74, 6) is 0. The maximum atomic E-state index is 3.69. The van der Waals surface area contributed by atoms with Gasteiger partial charge >= 0.3 is 0 Å². The molecule has 0 amide bonds. The van der Waals surface area contributed by atoms with E-state index < -0.39 is 0 Å². The summed E-state index contributed by atoms with van der Waals surface area (Å²) in [5.41, 5.74) is 1.46. The summed E-state index contributed by atoms with van der Waals surface area (Å²) in [6.45, 7) is 6.56. The van der Waals surface area contributed by atoms with Gasteiger partial charge in [-0.15, -0.1) is 0 Å². The first-order valence-corrected chi connectivity index (χ1v) is 7.25. The van der Waals surface area contributed by atoms with Crippen molar-refractivity contribution in [3.05, 3.63) is 11.6 Å². The lowest BCUT2D eigenvalue weighted by Gasteiger charge is -2.23. The maximum absolute atomic E-state index is 3.69.